The summed E-state index contributed by atoms with van der Waals surface area (Å²) in [5.74, 6) is 0. The lowest BCUT2D eigenvalue weighted by atomic mass is 9.95. The molecule has 0 aromatic carbocycles. The van der Waals surface area contributed by atoms with E-state index in [-0.39, 0.29) is 11.5 Å². The van der Waals surface area contributed by atoms with E-state index in [0.717, 1.165) is 12.8 Å². The van der Waals surface area contributed by atoms with Crippen LogP contribution in [0.15, 0.2) is 11.4 Å². The van der Waals surface area contributed by atoms with Crippen LogP contribution in [-0.2, 0) is 0 Å². The van der Waals surface area contributed by atoms with Gasteiger partial charge in [0.25, 0.3) is 0 Å². The summed E-state index contributed by atoms with van der Waals surface area (Å²) in [6.45, 7) is 2.11. The molecule has 1 heterocycles. The van der Waals surface area contributed by atoms with Gasteiger partial charge in [-0.2, -0.15) is 5.26 Å². The smallest absolute Gasteiger partial charge is 0.0777 e. The van der Waals surface area contributed by atoms with Gasteiger partial charge in [-0.25, -0.2) is 0 Å². The van der Waals surface area contributed by atoms with E-state index >= 15 is 0 Å². The number of hydrogen-bond acceptors (Lipinski definition) is 3. The second-order valence-electron chi connectivity index (χ2n) is 3.96. The molecule has 0 bridgehead atoms. The first kappa shape index (κ1) is 9.70. The van der Waals surface area contributed by atoms with Crippen molar-refractivity contribution in [3.05, 3.63) is 21.9 Å². The monoisotopic (exact) mass is 206 g/mol. The SMILES string of the molecule is CNC(c1sccc1C)C1(C#N)CC1. The zero-order valence-corrected chi connectivity index (χ0v) is 9.32. The molecule has 1 aromatic rings. The Bertz CT molecular complexity index is 371. The van der Waals surface area contributed by atoms with Gasteiger partial charge in [-0.3, -0.25) is 0 Å². The first-order valence-corrected chi connectivity index (χ1v) is 5.74. The Morgan fingerprint density at radius 3 is 2.71 bits per heavy atom. The van der Waals surface area contributed by atoms with Crippen LogP contribution in [0.4, 0.5) is 0 Å². The number of thiophene rings is 1. The molecule has 1 N–H and O–H groups in total. The van der Waals surface area contributed by atoms with E-state index in [4.69, 9.17) is 5.26 Å². The molecule has 14 heavy (non-hydrogen) atoms. The van der Waals surface area contributed by atoms with E-state index < -0.39 is 0 Å². The van der Waals surface area contributed by atoms with Gasteiger partial charge in [-0.05, 0) is 43.8 Å². The van der Waals surface area contributed by atoms with Crippen LogP contribution in [0.5, 0.6) is 0 Å². The molecule has 0 spiro atoms. The summed E-state index contributed by atoms with van der Waals surface area (Å²) in [5.41, 5.74) is 1.18. The molecule has 1 saturated carbocycles. The topological polar surface area (TPSA) is 35.8 Å². The Balaban J connectivity index is 2.32. The van der Waals surface area contributed by atoms with Crippen LogP contribution in [0.2, 0.25) is 0 Å². The third-order valence-corrected chi connectivity index (χ3v) is 4.10. The lowest BCUT2D eigenvalue weighted by Crippen LogP contribution is -2.25. The van der Waals surface area contributed by atoms with Crippen molar-refractivity contribution >= 4 is 11.3 Å². The van der Waals surface area contributed by atoms with Gasteiger partial charge in [-0.1, -0.05) is 0 Å². The number of hydrogen-bond donors (Lipinski definition) is 1. The van der Waals surface area contributed by atoms with Gasteiger partial charge in [0.15, 0.2) is 0 Å². The fourth-order valence-electron chi connectivity index (χ4n) is 1.94. The minimum Gasteiger partial charge on any atom is -0.311 e. The van der Waals surface area contributed by atoms with Crippen molar-refractivity contribution in [1.29, 1.82) is 5.26 Å². The molecule has 0 saturated heterocycles. The number of nitrogens with zero attached hydrogens (tertiary/aromatic N) is 1. The highest BCUT2D eigenvalue weighted by atomic mass is 32.1. The van der Waals surface area contributed by atoms with Gasteiger partial charge in [0.2, 0.25) is 0 Å². The second-order valence-corrected chi connectivity index (χ2v) is 4.91. The summed E-state index contributed by atoms with van der Waals surface area (Å²) in [7, 11) is 1.95. The van der Waals surface area contributed by atoms with Crippen molar-refractivity contribution in [2.75, 3.05) is 7.05 Å². The Morgan fingerprint density at radius 2 is 2.36 bits per heavy atom. The van der Waals surface area contributed by atoms with Crippen molar-refractivity contribution in [2.24, 2.45) is 5.41 Å². The fourth-order valence-corrected chi connectivity index (χ4v) is 3.09. The second kappa shape index (κ2) is 3.38. The minimum atomic E-state index is -0.121. The van der Waals surface area contributed by atoms with Gasteiger partial charge < -0.3 is 5.32 Å². The third kappa shape index (κ3) is 1.35. The molecule has 3 heteroatoms. The highest BCUT2D eigenvalue weighted by Gasteiger charge is 2.50. The van der Waals surface area contributed by atoms with Crippen molar-refractivity contribution in [3.63, 3.8) is 0 Å². The Kier molecular flexibility index (Phi) is 2.34. The predicted molar refractivity (Wildman–Crippen MR) is 58.1 cm³/mol. The van der Waals surface area contributed by atoms with Crippen molar-refractivity contribution < 1.29 is 0 Å². The summed E-state index contributed by atoms with van der Waals surface area (Å²) in [6, 6.07) is 4.82. The molecule has 2 nitrogen and oxygen atoms in total. The van der Waals surface area contributed by atoms with Crippen LogP contribution in [0, 0.1) is 23.7 Å². The first-order chi connectivity index (χ1) is 6.73. The van der Waals surface area contributed by atoms with E-state index in [1.165, 1.54) is 10.4 Å². The van der Waals surface area contributed by atoms with E-state index in [1.54, 1.807) is 11.3 Å². The number of aryl methyl sites for hydroxylation is 1. The van der Waals surface area contributed by atoms with Crippen LogP contribution in [0.25, 0.3) is 0 Å². The molecule has 0 aliphatic heterocycles. The lowest BCUT2D eigenvalue weighted by Gasteiger charge is -2.20. The summed E-state index contributed by atoms with van der Waals surface area (Å²) in [6.07, 6.45) is 2.07. The molecule has 1 unspecified atom stereocenters. The fraction of sp³-hybridized carbons (Fsp3) is 0.545. The number of nitrogens with one attached hydrogen (secondary N) is 1. The molecule has 1 aliphatic rings. The quantitative estimate of drug-likeness (QED) is 0.825. The average molecular weight is 206 g/mol. The van der Waals surface area contributed by atoms with E-state index in [0.29, 0.717) is 0 Å². The zero-order valence-electron chi connectivity index (χ0n) is 8.50. The molecule has 0 radical (unpaired) electrons. The highest BCUT2D eigenvalue weighted by molar-refractivity contribution is 7.10. The van der Waals surface area contributed by atoms with Crippen LogP contribution >= 0.6 is 11.3 Å². The maximum absolute atomic E-state index is 9.16. The van der Waals surface area contributed by atoms with Crippen LogP contribution < -0.4 is 5.32 Å². The van der Waals surface area contributed by atoms with E-state index in [9.17, 15) is 0 Å². The highest BCUT2D eigenvalue weighted by Crippen LogP contribution is 2.55. The van der Waals surface area contributed by atoms with Gasteiger partial charge in [0.05, 0.1) is 17.5 Å². The normalized spacial score (nSPS) is 20.1. The van der Waals surface area contributed by atoms with Crippen LogP contribution in [0.3, 0.4) is 0 Å². The molecule has 1 aromatic heterocycles. The minimum absolute atomic E-state index is 0.121. The Hall–Kier alpha value is -0.850. The molecule has 1 fully saturated rings. The maximum Gasteiger partial charge on any atom is 0.0777 e. The number of rotatable bonds is 3. The Morgan fingerprint density at radius 1 is 1.64 bits per heavy atom. The van der Waals surface area contributed by atoms with Gasteiger partial charge >= 0.3 is 0 Å². The summed E-state index contributed by atoms with van der Waals surface area (Å²) in [5, 5.41) is 14.5. The van der Waals surface area contributed by atoms with Crippen molar-refractivity contribution in [1.82, 2.24) is 5.32 Å². The average Bonchev–Trinajstić information content (AvgIpc) is 2.88. The largest absolute Gasteiger partial charge is 0.311 e. The van der Waals surface area contributed by atoms with Crippen LogP contribution in [0.1, 0.15) is 29.3 Å². The first-order valence-electron chi connectivity index (χ1n) is 4.86. The van der Waals surface area contributed by atoms with Gasteiger partial charge in [0, 0.05) is 4.88 Å². The van der Waals surface area contributed by atoms with E-state index in [1.807, 2.05) is 7.05 Å². The van der Waals surface area contributed by atoms with Gasteiger partial charge in [0.1, 0.15) is 0 Å². The Labute approximate surface area is 88.6 Å². The molecule has 0 amide bonds. The molecular weight excluding hydrogens is 192 g/mol. The number of nitriles is 1. The van der Waals surface area contributed by atoms with Gasteiger partial charge in [-0.15, -0.1) is 11.3 Å². The van der Waals surface area contributed by atoms with E-state index in [2.05, 4.69) is 29.8 Å². The molecule has 2 rings (SSSR count). The standard InChI is InChI=1S/C11H14N2S/c1-8-3-6-14-9(8)10(13-2)11(7-12)4-5-11/h3,6,10,13H,4-5H2,1-2H3. The lowest BCUT2D eigenvalue weighted by molar-refractivity contribution is 0.449. The van der Waals surface area contributed by atoms with Crippen LogP contribution in [-0.4, -0.2) is 7.05 Å². The summed E-state index contributed by atoms with van der Waals surface area (Å²) < 4.78 is 0. The predicted octanol–water partition coefficient (Wildman–Crippen LogP) is 2.62. The molecule has 1 aliphatic carbocycles. The van der Waals surface area contributed by atoms with Crippen molar-refractivity contribution in [2.45, 2.75) is 25.8 Å². The summed E-state index contributed by atoms with van der Waals surface area (Å²) >= 11 is 1.75. The maximum atomic E-state index is 9.16. The molecular formula is C11H14N2S. The zero-order chi connectivity index (χ0) is 10.2. The third-order valence-electron chi connectivity index (χ3n) is 3.02. The molecule has 74 valence electrons. The molecule has 1 atom stereocenters. The van der Waals surface area contributed by atoms with Crippen molar-refractivity contribution in [3.8, 4) is 6.07 Å². The summed E-state index contributed by atoms with van der Waals surface area (Å²) in [4.78, 5) is 1.33.